The number of hydrogen-bond acceptors (Lipinski definition) is 3. The molecule has 0 N–H and O–H groups in total. The molecular weight excluding hydrogens is 877 g/mol. The molecule has 1 aliphatic rings. The van der Waals surface area contributed by atoms with Crippen molar-refractivity contribution in [3.63, 3.8) is 0 Å². The van der Waals surface area contributed by atoms with Crippen molar-refractivity contribution in [3.05, 3.63) is 265 Å². The molecule has 344 valence electrons. The molecule has 11 aromatic rings. The highest BCUT2D eigenvalue weighted by Gasteiger charge is 2.36. The summed E-state index contributed by atoms with van der Waals surface area (Å²) in [5.74, 6) is 0.987. The first-order valence-corrected chi connectivity index (χ1v) is 24.4. The lowest BCUT2D eigenvalue weighted by molar-refractivity contribution is 0.660. The summed E-state index contributed by atoms with van der Waals surface area (Å²) in [6.07, 6.45) is 3.91. The fourth-order valence-electron chi connectivity index (χ4n) is 10.5. The van der Waals surface area contributed by atoms with E-state index in [0.717, 1.165) is 72.2 Å². The lowest BCUT2D eigenvalue weighted by atomic mass is 9.82. The predicted octanol–water partition coefficient (Wildman–Crippen LogP) is 16.5. The van der Waals surface area contributed by atoms with E-state index in [1.54, 1.807) is 0 Å². The lowest BCUT2D eigenvalue weighted by Gasteiger charge is -2.28. The van der Waals surface area contributed by atoms with Crippen molar-refractivity contribution in [2.24, 2.45) is 15.0 Å². The Hall–Kier alpha value is -9.26. The van der Waals surface area contributed by atoms with Gasteiger partial charge in [0.05, 0.1) is 17.6 Å². The summed E-state index contributed by atoms with van der Waals surface area (Å²) >= 11 is 0. The number of aliphatic imine (C=N–C) groups is 3. The van der Waals surface area contributed by atoms with E-state index in [0.29, 0.717) is 18.3 Å². The van der Waals surface area contributed by atoms with E-state index in [2.05, 4.69) is 211 Å². The van der Waals surface area contributed by atoms with Gasteiger partial charge in [-0.2, -0.15) is 4.99 Å². The molecule has 72 heavy (non-hydrogen) atoms. The highest BCUT2D eigenvalue weighted by atomic mass is 15.2. The van der Waals surface area contributed by atoms with Gasteiger partial charge < -0.3 is 4.90 Å². The topological polar surface area (TPSA) is 58.1 Å². The van der Waals surface area contributed by atoms with E-state index < -0.39 is 0 Å². The summed E-state index contributed by atoms with van der Waals surface area (Å²) in [5, 5.41) is 2.03. The molecule has 6 nitrogen and oxygen atoms in total. The fourth-order valence-corrected chi connectivity index (χ4v) is 10.5. The predicted molar refractivity (Wildman–Crippen MR) is 301 cm³/mol. The minimum absolute atomic E-state index is 0.138. The van der Waals surface area contributed by atoms with Gasteiger partial charge in [0.25, 0.3) is 0 Å². The summed E-state index contributed by atoms with van der Waals surface area (Å²) in [4.78, 5) is 22.2. The zero-order chi connectivity index (χ0) is 48.6. The van der Waals surface area contributed by atoms with Gasteiger partial charge in [0, 0.05) is 56.8 Å². The largest absolute Gasteiger partial charge is 0.310 e. The summed E-state index contributed by atoms with van der Waals surface area (Å²) in [6.45, 7) is 9.06. The second-order valence-corrected chi connectivity index (χ2v) is 18.8. The second kappa shape index (κ2) is 18.6. The highest BCUT2D eigenvalue weighted by molar-refractivity contribution is 6.20. The maximum Gasteiger partial charge on any atom is 0.232 e. The van der Waals surface area contributed by atoms with Crippen LogP contribution in [0.2, 0.25) is 0 Å². The van der Waals surface area contributed by atoms with Gasteiger partial charge in [0.2, 0.25) is 5.96 Å². The number of aromatic nitrogens is 2. The smallest absolute Gasteiger partial charge is 0.232 e. The molecule has 2 heterocycles. The first-order chi connectivity index (χ1) is 35.4. The Morgan fingerprint density at radius 3 is 1.74 bits per heavy atom. The highest BCUT2D eigenvalue weighted by Crippen LogP contribution is 2.51. The Kier molecular flexibility index (Phi) is 11.3. The number of nitrogens with zero attached hydrogens (tertiary/aromatic N) is 6. The van der Waals surface area contributed by atoms with E-state index in [9.17, 15) is 0 Å². The van der Waals surface area contributed by atoms with Crippen molar-refractivity contribution < 1.29 is 0 Å². The number of benzene rings is 9. The van der Waals surface area contributed by atoms with Crippen LogP contribution in [-0.2, 0) is 12.0 Å². The number of hydrogen-bond donors (Lipinski definition) is 0. The molecule has 0 radical (unpaired) electrons. The van der Waals surface area contributed by atoms with Crippen LogP contribution in [0.15, 0.2) is 258 Å². The van der Waals surface area contributed by atoms with E-state index >= 15 is 0 Å². The third-order valence-electron chi connectivity index (χ3n) is 14.1. The van der Waals surface area contributed by atoms with E-state index in [4.69, 9.17) is 15.0 Å². The van der Waals surface area contributed by atoms with Crippen LogP contribution in [0.5, 0.6) is 0 Å². The van der Waals surface area contributed by atoms with Crippen molar-refractivity contribution in [3.8, 4) is 44.5 Å². The van der Waals surface area contributed by atoms with Crippen LogP contribution in [-0.4, -0.2) is 28.1 Å². The number of pyridine rings is 1. The normalized spacial score (nSPS) is 13.0. The Labute approximate surface area is 420 Å². The van der Waals surface area contributed by atoms with Crippen molar-refractivity contribution in [2.45, 2.75) is 25.8 Å². The molecule has 0 spiro atoms. The van der Waals surface area contributed by atoms with Gasteiger partial charge >= 0.3 is 0 Å². The Bertz CT molecular complexity index is 3840. The number of anilines is 3. The third-order valence-corrected chi connectivity index (χ3v) is 14.1. The molecule has 0 fully saturated rings. The van der Waals surface area contributed by atoms with Crippen LogP contribution in [0.1, 0.15) is 36.1 Å². The molecule has 0 atom stereocenters. The van der Waals surface area contributed by atoms with E-state index in [-0.39, 0.29) is 5.41 Å². The average Bonchev–Trinajstić information content (AvgIpc) is 3.90. The van der Waals surface area contributed by atoms with E-state index in [1.165, 1.54) is 33.4 Å². The van der Waals surface area contributed by atoms with Crippen molar-refractivity contribution in [1.82, 2.24) is 9.55 Å². The molecule has 9 aromatic carbocycles. The molecular formula is C66H50N6. The van der Waals surface area contributed by atoms with Gasteiger partial charge in [0.1, 0.15) is 0 Å². The molecule has 0 amide bonds. The lowest BCUT2D eigenvalue weighted by Crippen LogP contribution is -2.16. The molecule has 0 bridgehead atoms. The maximum absolute atomic E-state index is 5.28. The monoisotopic (exact) mass is 926 g/mol. The standard InChI is InChI=1S/C66H50N6/c1-66(2)60-27-17-16-26-55(60)56-38-37-54(41-61(56)66)71(52-33-28-47(29-34-52)46-20-10-5-11-21-46)53-35-30-48(31-36-53)51-32-39-62-57(40-51)59-44-68-43-58(49-22-12-6-13-23-49)63(59)72(62)65(69-42-45-18-8-4-9-19-45)70-64(67-3)50-24-14-7-15-25-50/h4-41,43-44H,3,42H2,1-2H3/b69-65?,70-64-. The minimum atomic E-state index is -0.138. The maximum atomic E-state index is 5.28. The SMILES string of the molecule is C=N/C(=N\C(=NCc1ccccc1)n1c2ccc(-c3ccc(N(c4ccc(-c5ccccc5)cc4)c4ccc5c(c4)C(C)(C)c4ccccc4-5)cc3)cc2c2cncc(-c3ccccc3)c21)c1ccccc1. The summed E-state index contributed by atoms with van der Waals surface area (Å²) in [7, 11) is 0. The van der Waals surface area contributed by atoms with Gasteiger partial charge in [-0.05, 0) is 111 Å². The first kappa shape index (κ1) is 44.0. The first-order valence-electron chi connectivity index (χ1n) is 24.4. The molecule has 2 aromatic heterocycles. The zero-order valence-electron chi connectivity index (χ0n) is 40.2. The molecule has 0 aliphatic heterocycles. The van der Waals surface area contributed by atoms with Crippen LogP contribution in [0.3, 0.4) is 0 Å². The molecule has 1 aliphatic carbocycles. The average molecular weight is 927 g/mol. The number of amidine groups is 1. The number of rotatable bonds is 9. The quantitative estimate of drug-likeness (QED) is 0.107. The van der Waals surface area contributed by atoms with Crippen LogP contribution in [0, 0.1) is 0 Å². The van der Waals surface area contributed by atoms with Gasteiger partial charge in [-0.1, -0.05) is 196 Å². The number of fused-ring (bicyclic) bond motifs is 6. The third kappa shape index (κ3) is 7.99. The Morgan fingerprint density at radius 2 is 1.06 bits per heavy atom. The van der Waals surface area contributed by atoms with Gasteiger partial charge in [-0.25, -0.2) is 9.98 Å². The summed E-state index contributed by atoms with van der Waals surface area (Å²) < 4.78 is 2.18. The van der Waals surface area contributed by atoms with Crippen LogP contribution < -0.4 is 4.90 Å². The van der Waals surface area contributed by atoms with Crippen molar-refractivity contribution in [2.75, 3.05) is 4.90 Å². The second-order valence-electron chi connectivity index (χ2n) is 18.8. The summed E-state index contributed by atoms with van der Waals surface area (Å²) in [5.41, 5.74) is 18.8. The molecule has 0 saturated heterocycles. The Morgan fingerprint density at radius 1 is 0.500 bits per heavy atom. The van der Waals surface area contributed by atoms with Crippen LogP contribution in [0.25, 0.3) is 66.3 Å². The molecule has 12 rings (SSSR count). The molecule has 6 heteroatoms. The molecule has 0 saturated carbocycles. The van der Waals surface area contributed by atoms with Gasteiger partial charge in [-0.15, -0.1) is 0 Å². The summed E-state index contributed by atoms with van der Waals surface area (Å²) in [6, 6.07) is 81.5. The van der Waals surface area contributed by atoms with Gasteiger partial charge in [0.15, 0.2) is 5.84 Å². The van der Waals surface area contributed by atoms with Crippen molar-refractivity contribution >= 4 is 57.4 Å². The Balaban J connectivity index is 0.993. The van der Waals surface area contributed by atoms with Crippen molar-refractivity contribution in [1.29, 1.82) is 0 Å². The van der Waals surface area contributed by atoms with E-state index in [1.807, 2.05) is 67.0 Å². The molecule has 0 unspecified atom stereocenters. The minimum Gasteiger partial charge on any atom is -0.310 e. The van der Waals surface area contributed by atoms with Crippen LogP contribution >= 0.6 is 0 Å². The van der Waals surface area contributed by atoms with Gasteiger partial charge in [-0.3, -0.25) is 9.55 Å². The fraction of sp³-hybridized carbons (Fsp3) is 0.0606. The zero-order valence-corrected chi connectivity index (χ0v) is 40.2. The van der Waals surface area contributed by atoms with Crippen LogP contribution in [0.4, 0.5) is 17.1 Å².